The van der Waals surface area contributed by atoms with Crippen molar-refractivity contribution in [1.29, 1.82) is 0 Å². The minimum atomic E-state index is -0.460. The summed E-state index contributed by atoms with van der Waals surface area (Å²) in [5.74, 6) is 1.38. The predicted octanol–water partition coefficient (Wildman–Crippen LogP) is 2.68. The second-order valence-corrected chi connectivity index (χ2v) is 6.66. The number of hydrogen-bond donors (Lipinski definition) is 0. The van der Waals surface area contributed by atoms with E-state index < -0.39 is 5.41 Å². The molecule has 3 nitrogen and oxygen atoms in total. The Labute approximate surface area is 109 Å². The number of carbonyl (C=O) groups excluding carboxylic acids is 2. The van der Waals surface area contributed by atoms with Gasteiger partial charge < -0.3 is 4.74 Å². The quantitative estimate of drug-likeness (QED) is 0.710. The molecule has 0 aromatic rings. The van der Waals surface area contributed by atoms with Gasteiger partial charge in [-0.05, 0) is 37.5 Å². The molecule has 0 N–H and O–H groups in total. The van der Waals surface area contributed by atoms with Crippen LogP contribution in [0.4, 0.5) is 0 Å². The molecule has 3 rings (SSSR count). The third-order valence-electron chi connectivity index (χ3n) is 5.43. The lowest BCUT2D eigenvalue weighted by atomic mass is 9.48. The Morgan fingerprint density at radius 3 is 2.56 bits per heavy atom. The van der Waals surface area contributed by atoms with E-state index in [1.807, 2.05) is 13.8 Å². The predicted molar refractivity (Wildman–Crippen MR) is 68.8 cm³/mol. The first kappa shape index (κ1) is 13.6. The van der Waals surface area contributed by atoms with Gasteiger partial charge in [0.05, 0.1) is 12.5 Å². The highest BCUT2D eigenvalue weighted by atomic mass is 16.5. The fraction of sp³-hybridized carbons (Fsp3) is 0.867. The van der Waals surface area contributed by atoms with Gasteiger partial charge in [0.2, 0.25) is 0 Å². The maximum atomic E-state index is 12.3. The number of esters is 1. The lowest BCUT2D eigenvalue weighted by Crippen LogP contribution is -2.57. The van der Waals surface area contributed by atoms with Crippen molar-refractivity contribution >= 4 is 11.8 Å². The summed E-state index contributed by atoms with van der Waals surface area (Å²) in [7, 11) is 1.45. The van der Waals surface area contributed by atoms with Gasteiger partial charge >= 0.3 is 5.97 Å². The largest absolute Gasteiger partial charge is 0.469 e. The van der Waals surface area contributed by atoms with Crippen LogP contribution in [-0.4, -0.2) is 18.9 Å². The summed E-state index contributed by atoms with van der Waals surface area (Å²) in [5.41, 5.74) is -0.460. The summed E-state index contributed by atoms with van der Waals surface area (Å²) in [6.45, 7) is 8.32. The van der Waals surface area contributed by atoms with Crippen LogP contribution < -0.4 is 0 Å². The number of ketones is 1. The molecular weight excluding hydrogens is 228 g/mol. The molecule has 2 bridgehead atoms. The average molecular weight is 252 g/mol. The molecular formula is C15H24O3. The van der Waals surface area contributed by atoms with Crippen LogP contribution in [-0.2, 0) is 14.3 Å². The Morgan fingerprint density at radius 2 is 2.06 bits per heavy atom. The van der Waals surface area contributed by atoms with Crippen molar-refractivity contribution in [3.8, 4) is 0 Å². The molecule has 3 fully saturated rings. The number of methoxy groups -OCH3 is 1. The molecule has 0 aromatic carbocycles. The van der Waals surface area contributed by atoms with E-state index in [1.165, 1.54) is 7.11 Å². The fourth-order valence-corrected chi connectivity index (χ4v) is 4.29. The van der Waals surface area contributed by atoms with Crippen LogP contribution in [0.2, 0.25) is 0 Å². The summed E-state index contributed by atoms with van der Waals surface area (Å²) in [4.78, 5) is 24.4. The van der Waals surface area contributed by atoms with Gasteiger partial charge in [-0.25, -0.2) is 0 Å². The van der Waals surface area contributed by atoms with E-state index in [4.69, 9.17) is 4.74 Å². The normalized spacial score (nSPS) is 43.3. The highest BCUT2D eigenvalue weighted by Crippen LogP contribution is 2.57. The number of carbonyl (C=O) groups is 2. The molecule has 0 spiro atoms. The monoisotopic (exact) mass is 252 g/mol. The Bertz CT molecular complexity index is 374. The maximum absolute atomic E-state index is 12.3. The molecule has 0 aromatic heterocycles. The summed E-state index contributed by atoms with van der Waals surface area (Å²) >= 11 is 0. The highest BCUT2D eigenvalue weighted by molar-refractivity contribution is 5.89. The molecule has 3 saturated carbocycles. The van der Waals surface area contributed by atoms with E-state index in [2.05, 4.69) is 13.8 Å². The molecule has 3 aliphatic rings. The van der Waals surface area contributed by atoms with Gasteiger partial charge in [-0.1, -0.05) is 20.8 Å². The number of fused-ring (bicyclic) bond motifs is 3. The Hall–Kier alpha value is -0.860. The number of rotatable bonds is 2. The van der Waals surface area contributed by atoms with Crippen LogP contribution in [0.1, 0.15) is 40.5 Å². The zero-order chi connectivity index (χ0) is 13.7. The average Bonchev–Trinajstić information content (AvgIpc) is 2.33. The van der Waals surface area contributed by atoms with Crippen molar-refractivity contribution in [2.75, 3.05) is 7.11 Å². The molecule has 102 valence electrons. The SMILES string of the molecule is COC(=O)[C@@]1(C)C[C@H]2C(=O)[C@H](C)[C@@H]1C[C@@H]2C(C)C. The lowest BCUT2D eigenvalue weighted by molar-refractivity contribution is -0.175. The standard InChI is InChI=1S/C15H24O3/c1-8(2)10-6-12-9(3)13(16)11(10)7-15(12,4)14(17)18-5/h8-12H,6-7H2,1-5H3/t9-,10-,11-,12+,15+/m1/s1. The molecule has 3 heteroatoms. The molecule has 0 aliphatic heterocycles. The van der Waals surface area contributed by atoms with Gasteiger partial charge in [-0.2, -0.15) is 0 Å². The van der Waals surface area contributed by atoms with Crippen LogP contribution >= 0.6 is 0 Å². The van der Waals surface area contributed by atoms with Crippen LogP contribution in [0.15, 0.2) is 0 Å². The zero-order valence-corrected chi connectivity index (χ0v) is 12.0. The van der Waals surface area contributed by atoms with E-state index in [-0.39, 0.29) is 23.7 Å². The van der Waals surface area contributed by atoms with E-state index in [0.29, 0.717) is 24.0 Å². The first-order valence-electron chi connectivity index (χ1n) is 6.95. The number of hydrogen-bond acceptors (Lipinski definition) is 3. The van der Waals surface area contributed by atoms with Crippen LogP contribution in [0.25, 0.3) is 0 Å². The molecule has 18 heavy (non-hydrogen) atoms. The molecule has 0 saturated heterocycles. The minimum absolute atomic E-state index is 0.00264. The molecule has 0 radical (unpaired) electrons. The topological polar surface area (TPSA) is 43.4 Å². The van der Waals surface area contributed by atoms with Crippen LogP contribution in [0.5, 0.6) is 0 Å². The van der Waals surface area contributed by atoms with E-state index in [0.717, 1.165) is 6.42 Å². The van der Waals surface area contributed by atoms with Gasteiger partial charge in [-0.3, -0.25) is 9.59 Å². The van der Waals surface area contributed by atoms with Gasteiger partial charge in [0, 0.05) is 11.8 Å². The van der Waals surface area contributed by atoms with E-state index in [9.17, 15) is 9.59 Å². The zero-order valence-electron chi connectivity index (χ0n) is 12.0. The first-order chi connectivity index (χ1) is 8.32. The third-order valence-corrected chi connectivity index (χ3v) is 5.43. The Balaban J connectivity index is 2.35. The highest BCUT2D eigenvalue weighted by Gasteiger charge is 2.59. The van der Waals surface area contributed by atoms with Crippen LogP contribution in [0.3, 0.4) is 0 Å². The van der Waals surface area contributed by atoms with E-state index >= 15 is 0 Å². The molecule has 5 atom stereocenters. The molecule has 0 unspecified atom stereocenters. The Morgan fingerprint density at radius 1 is 1.44 bits per heavy atom. The van der Waals surface area contributed by atoms with Gasteiger partial charge in [-0.15, -0.1) is 0 Å². The maximum Gasteiger partial charge on any atom is 0.311 e. The van der Waals surface area contributed by atoms with Crippen molar-refractivity contribution in [2.24, 2.45) is 35.0 Å². The van der Waals surface area contributed by atoms with E-state index in [1.54, 1.807) is 0 Å². The summed E-state index contributed by atoms with van der Waals surface area (Å²) < 4.78 is 4.97. The van der Waals surface area contributed by atoms with Crippen molar-refractivity contribution in [1.82, 2.24) is 0 Å². The summed E-state index contributed by atoms with van der Waals surface area (Å²) in [5, 5.41) is 0. The third kappa shape index (κ3) is 1.70. The first-order valence-corrected chi connectivity index (χ1v) is 6.95. The Kier molecular flexibility index (Phi) is 3.28. The van der Waals surface area contributed by atoms with Gasteiger partial charge in [0.1, 0.15) is 5.78 Å². The minimum Gasteiger partial charge on any atom is -0.469 e. The number of ether oxygens (including phenoxy) is 1. The molecule has 0 heterocycles. The second kappa shape index (κ2) is 4.36. The fourth-order valence-electron chi connectivity index (χ4n) is 4.29. The summed E-state index contributed by atoms with van der Waals surface area (Å²) in [6.07, 6.45) is 1.66. The van der Waals surface area contributed by atoms with Crippen molar-refractivity contribution < 1.29 is 14.3 Å². The molecule has 0 amide bonds. The molecule has 3 aliphatic carbocycles. The smallest absolute Gasteiger partial charge is 0.311 e. The van der Waals surface area contributed by atoms with Crippen molar-refractivity contribution in [3.05, 3.63) is 0 Å². The lowest BCUT2D eigenvalue weighted by Gasteiger charge is -2.54. The summed E-state index contributed by atoms with van der Waals surface area (Å²) in [6, 6.07) is 0. The number of Topliss-reactive ketones (excluding diaryl/α,β-unsaturated/α-hetero) is 1. The van der Waals surface area contributed by atoms with Crippen molar-refractivity contribution in [2.45, 2.75) is 40.5 Å². The van der Waals surface area contributed by atoms with Gasteiger partial charge in [0.15, 0.2) is 0 Å². The van der Waals surface area contributed by atoms with Crippen molar-refractivity contribution in [3.63, 3.8) is 0 Å². The van der Waals surface area contributed by atoms with Gasteiger partial charge in [0.25, 0.3) is 0 Å². The van der Waals surface area contributed by atoms with Crippen LogP contribution in [0, 0.1) is 35.0 Å². The second-order valence-electron chi connectivity index (χ2n) is 6.66.